The van der Waals surface area contributed by atoms with Crippen LogP contribution in [0.15, 0.2) is 18.2 Å². The molecule has 0 fully saturated rings. The van der Waals surface area contributed by atoms with Gasteiger partial charge < -0.3 is 19.9 Å². The lowest BCUT2D eigenvalue weighted by Crippen LogP contribution is -2.28. The first-order valence-corrected chi connectivity index (χ1v) is 6.93. The second kappa shape index (κ2) is 8.14. The molecular formula is C15H21NO5. The van der Waals surface area contributed by atoms with Crippen molar-refractivity contribution in [2.24, 2.45) is 0 Å². The van der Waals surface area contributed by atoms with Crippen LogP contribution in [-0.4, -0.2) is 31.3 Å². The van der Waals surface area contributed by atoms with Crippen LogP contribution in [0.4, 0.5) is 5.69 Å². The van der Waals surface area contributed by atoms with Crippen molar-refractivity contribution in [1.29, 1.82) is 0 Å². The van der Waals surface area contributed by atoms with Gasteiger partial charge in [0.15, 0.2) is 11.9 Å². The molecule has 2 N–H and O–H groups in total. The summed E-state index contributed by atoms with van der Waals surface area (Å²) in [6.07, 6.45) is -0.606. The molecule has 116 valence electrons. The van der Waals surface area contributed by atoms with Gasteiger partial charge in [0.25, 0.3) is 0 Å². The number of anilines is 1. The fraction of sp³-hybridized carbons (Fsp3) is 0.467. The van der Waals surface area contributed by atoms with Gasteiger partial charge >= 0.3 is 11.9 Å². The third kappa shape index (κ3) is 4.37. The van der Waals surface area contributed by atoms with Crippen LogP contribution in [0.1, 0.15) is 37.6 Å². The molecule has 0 saturated carbocycles. The molecule has 1 aromatic carbocycles. The average molecular weight is 295 g/mol. The summed E-state index contributed by atoms with van der Waals surface area (Å²) in [5, 5.41) is 0. The van der Waals surface area contributed by atoms with Crippen LogP contribution < -0.4 is 10.5 Å². The maximum atomic E-state index is 12.2. The van der Waals surface area contributed by atoms with Crippen molar-refractivity contribution in [3.8, 4) is 5.75 Å². The van der Waals surface area contributed by atoms with Crippen LogP contribution in [0.25, 0.3) is 0 Å². The van der Waals surface area contributed by atoms with Gasteiger partial charge in [-0.25, -0.2) is 9.59 Å². The van der Waals surface area contributed by atoms with Crippen LogP contribution in [-0.2, 0) is 14.3 Å². The van der Waals surface area contributed by atoms with Gasteiger partial charge in [-0.3, -0.25) is 0 Å². The molecule has 0 bridgehead atoms. The number of ether oxygens (including phenoxy) is 3. The van der Waals surface area contributed by atoms with E-state index in [1.54, 1.807) is 39.0 Å². The van der Waals surface area contributed by atoms with Crippen LogP contribution >= 0.6 is 0 Å². The van der Waals surface area contributed by atoms with Crippen LogP contribution in [0.3, 0.4) is 0 Å². The van der Waals surface area contributed by atoms with E-state index in [1.807, 2.05) is 0 Å². The first-order valence-electron chi connectivity index (χ1n) is 6.93. The Bertz CT molecular complexity index is 501. The van der Waals surface area contributed by atoms with E-state index in [1.165, 1.54) is 0 Å². The molecule has 0 aliphatic rings. The Kier molecular flexibility index (Phi) is 6.52. The number of nitrogen functional groups attached to an aromatic ring is 1. The van der Waals surface area contributed by atoms with E-state index in [-0.39, 0.29) is 17.9 Å². The van der Waals surface area contributed by atoms with Crippen LogP contribution in [0.5, 0.6) is 5.75 Å². The molecule has 1 unspecified atom stereocenters. The molecule has 0 aliphatic heterocycles. The molecular weight excluding hydrogens is 274 g/mol. The minimum absolute atomic E-state index is 0.194. The maximum absolute atomic E-state index is 12.2. The van der Waals surface area contributed by atoms with Crippen LogP contribution in [0.2, 0.25) is 0 Å². The van der Waals surface area contributed by atoms with Crippen molar-refractivity contribution >= 4 is 17.6 Å². The predicted octanol–water partition coefficient (Wildman–Crippen LogP) is 2.17. The van der Waals surface area contributed by atoms with Crippen molar-refractivity contribution in [2.45, 2.75) is 33.3 Å². The minimum Gasteiger partial charge on any atom is -0.491 e. The highest BCUT2D eigenvalue weighted by Crippen LogP contribution is 2.27. The van der Waals surface area contributed by atoms with Crippen molar-refractivity contribution in [3.63, 3.8) is 0 Å². The van der Waals surface area contributed by atoms with Crippen molar-refractivity contribution < 1.29 is 23.8 Å². The van der Waals surface area contributed by atoms with Gasteiger partial charge in [0, 0.05) is 0 Å². The van der Waals surface area contributed by atoms with Gasteiger partial charge in [-0.1, -0.05) is 13.0 Å². The van der Waals surface area contributed by atoms with E-state index in [4.69, 9.17) is 19.9 Å². The fourth-order valence-corrected chi connectivity index (χ4v) is 1.75. The third-order valence-corrected chi connectivity index (χ3v) is 2.72. The minimum atomic E-state index is -0.937. The molecule has 0 amide bonds. The Morgan fingerprint density at radius 2 is 1.90 bits per heavy atom. The number of esters is 2. The fourth-order valence-electron chi connectivity index (χ4n) is 1.75. The smallest absolute Gasteiger partial charge is 0.347 e. The number of nitrogens with two attached hydrogens (primary N) is 1. The number of para-hydroxylation sites is 1. The Balaban J connectivity index is 2.93. The van der Waals surface area contributed by atoms with E-state index in [0.717, 1.165) is 0 Å². The Hall–Kier alpha value is -2.24. The topological polar surface area (TPSA) is 87.9 Å². The molecule has 0 spiro atoms. The van der Waals surface area contributed by atoms with E-state index >= 15 is 0 Å². The zero-order valence-corrected chi connectivity index (χ0v) is 12.5. The van der Waals surface area contributed by atoms with Gasteiger partial charge in [-0.2, -0.15) is 0 Å². The van der Waals surface area contributed by atoms with Gasteiger partial charge in [-0.15, -0.1) is 0 Å². The lowest BCUT2D eigenvalue weighted by atomic mass is 10.1. The third-order valence-electron chi connectivity index (χ3n) is 2.72. The van der Waals surface area contributed by atoms with Gasteiger partial charge in [-0.05, 0) is 32.4 Å². The number of hydrogen-bond acceptors (Lipinski definition) is 6. The highest BCUT2D eigenvalue weighted by molar-refractivity contribution is 5.96. The van der Waals surface area contributed by atoms with Crippen molar-refractivity contribution in [1.82, 2.24) is 0 Å². The first-order chi connectivity index (χ1) is 10.0. The average Bonchev–Trinajstić information content (AvgIpc) is 2.47. The molecule has 1 atom stereocenters. The van der Waals surface area contributed by atoms with Gasteiger partial charge in [0.05, 0.1) is 18.9 Å². The molecule has 6 nitrogen and oxygen atoms in total. The second-order valence-corrected chi connectivity index (χ2v) is 4.21. The number of rotatable bonds is 7. The van der Waals surface area contributed by atoms with Crippen molar-refractivity contribution in [2.75, 3.05) is 18.9 Å². The maximum Gasteiger partial charge on any atom is 0.347 e. The Morgan fingerprint density at radius 1 is 1.19 bits per heavy atom. The standard InChI is InChI=1S/C15H21NO5/c1-4-12(15(18)20-6-3)21-14(17)10-8-7-9-11(16)13(10)19-5-2/h7-9,12H,4-6,16H2,1-3H3. The number of benzene rings is 1. The summed E-state index contributed by atoms with van der Waals surface area (Å²) in [5.41, 5.74) is 6.33. The summed E-state index contributed by atoms with van der Waals surface area (Å²) in [7, 11) is 0. The number of carbonyl (C=O) groups is 2. The SMILES string of the molecule is CCOC(=O)C(CC)OC(=O)c1cccc(N)c1OCC. The molecule has 1 aromatic rings. The van der Waals surface area contributed by atoms with Crippen LogP contribution in [0, 0.1) is 0 Å². The number of hydrogen-bond donors (Lipinski definition) is 1. The molecule has 1 rings (SSSR count). The zero-order chi connectivity index (χ0) is 15.8. The predicted molar refractivity (Wildman–Crippen MR) is 78.2 cm³/mol. The first kappa shape index (κ1) is 16.8. The molecule has 0 radical (unpaired) electrons. The largest absolute Gasteiger partial charge is 0.491 e. The number of carbonyl (C=O) groups excluding carboxylic acids is 2. The normalized spacial score (nSPS) is 11.6. The molecule has 21 heavy (non-hydrogen) atoms. The van der Waals surface area contributed by atoms with E-state index < -0.39 is 18.0 Å². The van der Waals surface area contributed by atoms with Crippen molar-refractivity contribution in [3.05, 3.63) is 23.8 Å². The lowest BCUT2D eigenvalue weighted by Gasteiger charge is -2.16. The van der Waals surface area contributed by atoms with E-state index in [2.05, 4.69) is 0 Å². The highest BCUT2D eigenvalue weighted by Gasteiger charge is 2.25. The molecule has 0 saturated heterocycles. The molecule has 6 heteroatoms. The molecule has 0 aromatic heterocycles. The lowest BCUT2D eigenvalue weighted by molar-refractivity contribution is -0.153. The van der Waals surface area contributed by atoms with Gasteiger partial charge in [0.2, 0.25) is 0 Å². The summed E-state index contributed by atoms with van der Waals surface area (Å²) in [6, 6.07) is 4.80. The summed E-state index contributed by atoms with van der Waals surface area (Å²) in [6.45, 7) is 5.81. The monoisotopic (exact) mass is 295 g/mol. The second-order valence-electron chi connectivity index (χ2n) is 4.21. The van der Waals surface area contributed by atoms with E-state index in [0.29, 0.717) is 18.7 Å². The summed E-state index contributed by atoms with van der Waals surface area (Å²) in [4.78, 5) is 23.9. The Morgan fingerprint density at radius 3 is 2.48 bits per heavy atom. The zero-order valence-electron chi connectivity index (χ0n) is 12.5. The summed E-state index contributed by atoms with van der Waals surface area (Å²) in [5.74, 6) is -0.954. The van der Waals surface area contributed by atoms with Gasteiger partial charge in [0.1, 0.15) is 5.56 Å². The van der Waals surface area contributed by atoms with E-state index in [9.17, 15) is 9.59 Å². The Labute approximate surface area is 124 Å². The summed E-state index contributed by atoms with van der Waals surface area (Å²) < 4.78 is 15.4. The molecule has 0 aliphatic carbocycles. The summed E-state index contributed by atoms with van der Waals surface area (Å²) >= 11 is 0. The molecule has 0 heterocycles. The quantitative estimate of drug-likeness (QED) is 0.612. The highest BCUT2D eigenvalue weighted by atomic mass is 16.6.